The van der Waals surface area contributed by atoms with Crippen LogP contribution in [-0.4, -0.2) is 15.0 Å². The molecule has 0 aromatic carbocycles. The van der Waals surface area contributed by atoms with Crippen molar-refractivity contribution in [2.45, 2.75) is 19.4 Å². The average Bonchev–Trinajstić information content (AvgIpc) is 2.91. The van der Waals surface area contributed by atoms with Crippen molar-refractivity contribution in [1.29, 1.82) is 0 Å². The van der Waals surface area contributed by atoms with Crippen molar-refractivity contribution in [2.75, 3.05) is 10.7 Å². The van der Waals surface area contributed by atoms with Crippen LogP contribution in [0.1, 0.15) is 24.4 Å². The number of halogens is 1. The monoisotopic (exact) mass is 268 g/mol. The Labute approximate surface area is 107 Å². The first kappa shape index (κ1) is 12.7. The molecule has 18 heavy (non-hydrogen) atoms. The van der Waals surface area contributed by atoms with Gasteiger partial charge in [-0.15, -0.1) is 11.3 Å². The van der Waals surface area contributed by atoms with Gasteiger partial charge in [0.15, 0.2) is 11.6 Å². The summed E-state index contributed by atoms with van der Waals surface area (Å²) >= 11 is 1.51. The van der Waals surface area contributed by atoms with Gasteiger partial charge in [0.25, 0.3) is 0 Å². The van der Waals surface area contributed by atoms with E-state index < -0.39 is 5.82 Å². The summed E-state index contributed by atoms with van der Waals surface area (Å²) in [6, 6.07) is -0.0833. The SMILES string of the molecule is CCC(Nc1nc(NN)ncc1F)c1nccs1. The summed E-state index contributed by atoms with van der Waals surface area (Å²) in [4.78, 5) is 11.8. The zero-order valence-corrected chi connectivity index (χ0v) is 10.5. The lowest BCUT2D eigenvalue weighted by atomic mass is 10.2. The number of thiazole rings is 1. The molecule has 1 atom stereocenters. The molecule has 2 aromatic rings. The molecule has 0 radical (unpaired) electrons. The minimum Gasteiger partial charge on any atom is -0.358 e. The smallest absolute Gasteiger partial charge is 0.239 e. The molecule has 0 bridgehead atoms. The number of anilines is 2. The first-order valence-electron chi connectivity index (χ1n) is 5.39. The van der Waals surface area contributed by atoms with E-state index in [9.17, 15) is 4.39 Å². The first-order valence-corrected chi connectivity index (χ1v) is 6.27. The van der Waals surface area contributed by atoms with Crippen LogP contribution >= 0.6 is 11.3 Å². The van der Waals surface area contributed by atoms with Gasteiger partial charge < -0.3 is 5.32 Å². The molecule has 0 saturated carbocycles. The quantitative estimate of drug-likeness (QED) is 0.567. The van der Waals surface area contributed by atoms with Gasteiger partial charge in [0.2, 0.25) is 5.95 Å². The second-order valence-corrected chi connectivity index (χ2v) is 4.44. The third-order valence-corrected chi connectivity index (χ3v) is 3.23. The average molecular weight is 268 g/mol. The predicted molar refractivity (Wildman–Crippen MR) is 68.6 cm³/mol. The van der Waals surface area contributed by atoms with E-state index in [2.05, 4.69) is 25.7 Å². The second kappa shape index (κ2) is 5.69. The minimum atomic E-state index is -0.524. The predicted octanol–water partition coefficient (Wildman–Crippen LogP) is 1.92. The van der Waals surface area contributed by atoms with Crippen molar-refractivity contribution < 1.29 is 4.39 Å². The van der Waals surface area contributed by atoms with E-state index in [4.69, 9.17) is 5.84 Å². The number of nitrogen functional groups attached to an aromatic ring is 1. The van der Waals surface area contributed by atoms with E-state index in [1.165, 1.54) is 11.3 Å². The number of hydrazine groups is 1. The van der Waals surface area contributed by atoms with Crippen molar-refractivity contribution in [2.24, 2.45) is 5.84 Å². The summed E-state index contributed by atoms with van der Waals surface area (Å²) in [5.74, 6) is 4.94. The molecule has 2 aromatic heterocycles. The van der Waals surface area contributed by atoms with Crippen molar-refractivity contribution in [3.63, 3.8) is 0 Å². The number of hydrogen-bond donors (Lipinski definition) is 3. The van der Waals surface area contributed by atoms with Crippen molar-refractivity contribution in [3.05, 3.63) is 28.6 Å². The molecule has 0 aliphatic rings. The minimum absolute atomic E-state index is 0.0833. The molecule has 0 fully saturated rings. The van der Waals surface area contributed by atoms with Crippen molar-refractivity contribution in [1.82, 2.24) is 15.0 Å². The Morgan fingerprint density at radius 2 is 2.33 bits per heavy atom. The Morgan fingerprint density at radius 3 is 2.94 bits per heavy atom. The fourth-order valence-electron chi connectivity index (χ4n) is 1.45. The van der Waals surface area contributed by atoms with E-state index in [1.807, 2.05) is 12.3 Å². The molecular weight excluding hydrogens is 255 g/mol. The molecule has 4 N–H and O–H groups in total. The maximum atomic E-state index is 13.6. The maximum Gasteiger partial charge on any atom is 0.239 e. The molecule has 0 aliphatic carbocycles. The molecule has 2 rings (SSSR count). The molecule has 0 amide bonds. The van der Waals surface area contributed by atoms with Crippen LogP contribution in [0.2, 0.25) is 0 Å². The molecule has 6 nitrogen and oxygen atoms in total. The van der Waals surface area contributed by atoms with E-state index in [0.29, 0.717) is 0 Å². The number of rotatable bonds is 5. The Morgan fingerprint density at radius 1 is 1.50 bits per heavy atom. The van der Waals surface area contributed by atoms with Crippen LogP contribution in [0.15, 0.2) is 17.8 Å². The molecule has 0 saturated heterocycles. The fourth-order valence-corrected chi connectivity index (χ4v) is 2.22. The molecule has 8 heteroatoms. The summed E-state index contributed by atoms with van der Waals surface area (Å²) in [5, 5.41) is 5.77. The van der Waals surface area contributed by atoms with Gasteiger partial charge in [0.1, 0.15) is 5.01 Å². The number of hydrogen-bond acceptors (Lipinski definition) is 7. The Bertz CT molecular complexity index is 503. The largest absolute Gasteiger partial charge is 0.358 e. The van der Waals surface area contributed by atoms with Crippen LogP contribution in [0.4, 0.5) is 16.2 Å². The fraction of sp³-hybridized carbons (Fsp3) is 0.300. The standard InChI is InChI=1S/C10H13FN6S/c1-2-7(9-13-3-4-18-9)15-8-6(11)5-14-10(16-8)17-12/h3-5,7H,2,12H2,1H3,(H2,14,15,16,17). The van der Waals surface area contributed by atoms with Gasteiger partial charge in [-0.25, -0.2) is 20.2 Å². The highest BCUT2D eigenvalue weighted by atomic mass is 32.1. The third kappa shape index (κ3) is 2.71. The highest BCUT2D eigenvalue weighted by Gasteiger charge is 2.15. The Hall–Kier alpha value is -1.80. The zero-order valence-electron chi connectivity index (χ0n) is 9.72. The van der Waals surface area contributed by atoms with Gasteiger partial charge in [-0.3, -0.25) is 5.43 Å². The van der Waals surface area contributed by atoms with Gasteiger partial charge in [0, 0.05) is 11.6 Å². The topological polar surface area (TPSA) is 88.8 Å². The summed E-state index contributed by atoms with van der Waals surface area (Å²) in [7, 11) is 0. The van der Waals surface area contributed by atoms with Crippen molar-refractivity contribution in [3.8, 4) is 0 Å². The van der Waals surface area contributed by atoms with E-state index in [0.717, 1.165) is 17.6 Å². The Balaban J connectivity index is 2.21. The summed E-state index contributed by atoms with van der Waals surface area (Å²) in [6.07, 6.45) is 3.55. The van der Waals surface area contributed by atoms with Crippen LogP contribution in [0.3, 0.4) is 0 Å². The zero-order chi connectivity index (χ0) is 13.0. The highest BCUT2D eigenvalue weighted by Crippen LogP contribution is 2.24. The lowest BCUT2D eigenvalue weighted by Gasteiger charge is -2.15. The molecular formula is C10H13FN6S. The maximum absolute atomic E-state index is 13.6. The van der Waals surface area contributed by atoms with Crippen LogP contribution in [-0.2, 0) is 0 Å². The van der Waals surface area contributed by atoms with E-state index in [-0.39, 0.29) is 17.8 Å². The van der Waals surface area contributed by atoms with Gasteiger partial charge in [-0.05, 0) is 6.42 Å². The number of aromatic nitrogens is 3. The Kier molecular flexibility index (Phi) is 4.00. The molecule has 0 aliphatic heterocycles. The van der Waals surface area contributed by atoms with Gasteiger partial charge in [-0.2, -0.15) is 4.98 Å². The van der Waals surface area contributed by atoms with Gasteiger partial charge >= 0.3 is 0 Å². The summed E-state index contributed by atoms with van der Waals surface area (Å²) < 4.78 is 13.6. The number of nitrogens with zero attached hydrogens (tertiary/aromatic N) is 3. The van der Waals surface area contributed by atoms with Crippen LogP contribution in [0.5, 0.6) is 0 Å². The second-order valence-electron chi connectivity index (χ2n) is 3.51. The highest BCUT2D eigenvalue weighted by molar-refractivity contribution is 7.09. The van der Waals surface area contributed by atoms with Gasteiger partial charge in [-0.1, -0.05) is 6.92 Å². The van der Waals surface area contributed by atoms with Crippen LogP contribution in [0.25, 0.3) is 0 Å². The normalized spacial score (nSPS) is 12.2. The number of nitrogens with two attached hydrogens (primary N) is 1. The molecule has 2 heterocycles. The first-order chi connectivity index (χ1) is 8.74. The third-order valence-electron chi connectivity index (χ3n) is 2.34. The lowest BCUT2D eigenvalue weighted by Crippen LogP contribution is -2.15. The lowest BCUT2D eigenvalue weighted by molar-refractivity contribution is 0.610. The molecule has 0 spiro atoms. The van der Waals surface area contributed by atoms with Crippen molar-refractivity contribution >= 4 is 23.1 Å². The van der Waals surface area contributed by atoms with E-state index in [1.54, 1.807) is 6.20 Å². The number of nitrogens with one attached hydrogen (secondary N) is 2. The van der Waals surface area contributed by atoms with Gasteiger partial charge in [0.05, 0.1) is 12.2 Å². The van der Waals surface area contributed by atoms with Crippen LogP contribution in [0, 0.1) is 5.82 Å². The molecule has 96 valence electrons. The summed E-state index contributed by atoms with van der Waals surface area (Å²) in [5.41, 5.74) is 2.28. The van der Waals surface area contributed by atoms with Crippen LogP contribution < -0.4 is 16.6 Å². The molecule has 1 unspecified atom stereocenters. The van der Waals surface area contributed by atoms with E-state index >= 15 is 0 Å². The summed E-state index contributed by atoms with van der Waals surface area (Å²) in [6.45, 7) is 1.99.